The minimum Gasteiger partial charge on any atom is -0.493 e. The lowest BCUT2D eigenvalue weighted by Gasteiger charge is -2.22. The summed E-state index contributed by atoms with van der Waals surface area (Å²) in [4.78, 5) is 12.3. The van der Waals surface area contributed by atoms with Crippen LogP contribution in [0.2, 0.25) is 0 Å². The molecule has 1 saturated carbocycles. The molecule has 7 heteroatoms. The second kappa shape index (κ2) is 9.86. The van der Waals surface area contributed by atoms with Gasteiger partial charge in [-0.2, -0.15) is 0 Å². The number of hydrogen-bond donors (Lipinski definition) is 2. The summed E-state index contributed by atoms with van der Waals surface area (Å²) in [7, 11) is 6.17. The normalized spacial score (nSPS) is 19.0. The van der Waals surface area contributed by atoms with Gasteiger partial charge in [-0.05, 0) is 80.8 Å². The maximum absolute atomic E-state index is 11.7. The highest BCUT2D eigenvalue weighted by Crippen LogP contribution is 2.48. The van der Waals surface area contributed by atoms with E-state index in [0.29, 0.717) is 41.7 Å². The molecule has 0 spiro atoms. The number of carboxylic acid groups (broad SMARTS) is 1. The number of carboxylic acids is 1. The second-order valence-corrected chi connectivity index (χ2v) is 9.61. The lowest BCUT2D eigenvalue weighted by molar-refractivity contribution is -0.140. The Morgan fingerprint density at radius 1 is 1.24 bits per heavy atom. The van der Waals surface area contributed by atoms with E-state index in [-0.39, 0.29) is 0 Å². The topological polar surface area (TPSA) is 67.8 Å². The third kappa shape index (κ3) is 5.25. The number of aliphatic carboxylic acids is 1. The third-order valence-corrected chi connectivity index (χ3v) is 7.04. The Morgan fingerprint density at radius 3 is 2.58 bits per heavy atom. The van der Waals surface area contributed by atoms with E-state index in [2.05, 4.69) is 5.32 Å². The zero-order valence-corrected chi connectivity index (χ0v) is 20.1. The van der Waals surface area contributed by atoms with Gasteiger partial charge in [0.05, 0.1) is 18.1 Å². The van der Waals surface area contributed by atoms with E-state index >= 15 is 0 Å². The Labute approximate surface area is 202 Å². The summed E-state index contributed by atoms with van der Waals surface area (Å²) in [6.45, 7) is 5.50. The molecule has 2 aromatic rings. The lowest BCUT2D eigenvalue weighted by atomic mass is 9.88. The number of aryl methyl sites for hydroxylation is 2. The number of carbonyl (C=O) groups is 1. The quantitative estimate of drug-likeness (QED) is 0.449. The molecule has 2 aromatic carbocycles. The van der Waals surface area contributed by atoms with E-state index < -0.39 is 11.4 Å². The number of nitrogens with one attached hydrogen (secondary N) is 1. The highest BCUT2D eigenvalue weighted by atomic mass is 32.1. The van der Waals surface area contributed by atoms with Crippen LogP contribution < -0.4 is 15.5 Å². The summed E-state index contributed by atoms with van der Waals surface area (Å²) in [5.74, 6) is 0.0316. The Hall–Kier alpha value is -2.38. The van der Waals surface area contributed by atoms with Gasteiger partial charge in [0.15, 0.2) is 0 Å². The maximum atomic E-state index is 11.7. The van der Waals surface area contributed by atoms with Gasteiger partial charge in [0.2, 0.25) is 0 Å². The predicted molar refractivity (Wildman–Crippen MR) is 135 cm³/mol. The molecule has 1 aliphatic carbocycles. The van der Waals surface area contributed by atoms with E-state index in [1.54, 1.807) is 12.1 Å². The van der Waals surface area contributed by atoms with Crippen LogP contribution in [0.25, 0.3) is 0 Å². The van der Waals surface area contributed by atoms with Crippen LogP contribution in [0.5, 0.6) is 5.75 Å². The Kier molecular flexibility index (Phi) is 7.10. The average Bonchev–Trinajstić information content (AvgIpc) is 3.58. The SMILES string of the molecule is [B]c1ccc(C2(C(=O)O)CC2)cc1NC(=S)c1c(C)cc(OCCC2CCCCO2)cc1C. The number of ether oxygens (including phenoxy) is 2. The zero-order valence-electron chi connectivity index (χ0n) is 19.3. The van der Waals surface area contributed by atoms with Crippen LogP contribution in [0.4, 0.5) is 5.69 Å². The van der Waals surface area contributed by atoms with Gasteiger partial charge < -0.3 is 19.9 Å². The van der Waals surface area contributed by atoms with Crippen molar-refractivity contribution >= 4 is 42.2 Å². The molecule has 2 aliphatic rings. The van der Waals surface area contributed by atoms with E-state index in [1.807, 2.05) is 32.0 Å². The van der Waals surface area contributed by atoms with Gasteiger partial charge in [-0.15, -0.1) is 0 Å². The standard InChI is InChI=1S/C26H30BNO4S/c1-16-13-20(32-12-8-19-5-3-4-11-31-19)14-17(2)23(16)24(33)28-22-15-18(6-7-21(22)27)26(9-10-26)25(29)30/h6-7,13-15,19H,3-5,8-12H2,1-2H3,(H,28,33)(H,29,30). The van der Waals surface area contributed by atoms with Crippen LogP contribution in [0, 0.1) is 13.8 Å². The number of anilines is 1. The summed E-state index contributed by atoms with van der Waals surface area (Å²) in [5.41, 5.74) is 4.08. The molecule has 0 amide bonds. The van der Waals surface area contributed by atoms with Gasteiger partial charge >= 0.3 is 5.97 Å². The Bertz CT molecular complexity index is 1040. The summed E-state index contributed by atoms with van der Waals surface area (Å²) in [6, 6.07) is 9.36. The summed E-state index contributed by atoms with van der Waals surface area (Å²) < 4.78 is 11.8. The van der Waals surface area contributed by atoms with Gasteiger partial charge in [-0.1, -0.05) is 29.8 Å². The molecule has 172 valence electrons. The minimum absolute atomic E-state index is 0.300. The first-order valence-electron chi connectivity index (χ1n) is 11.6. The summed E-state index contributed by atoms with van der Waals surface area (Å²) in [5, 5.41) is 12.9. The smallest absolute Gasteiger partial charge is 0.314 e. The van der Waals surface area contributed by atoms with Gasteiger partial charge in [0.25, 0.3) is 0 Å². The first-order valence-corrected chi connectivity index (χ1v) is 12.0. The van der Waals surface area contributed by atoms with Crippen LogP contribution in [0.15, 0.2) is 30.3 Å². The van der Waals surface area contributed by atoms with Crippen molar-refractivity contribution < 1.29 is 19.4 Å². The van der Waals surface area contributed by atoms with Crippen molar-refractivity contribution in [2.45, 2.75) is 63.9 Å². The van der Waals surface area contributed by atoms with Crippen molar-refractivity contribution in [2.24, 2.45) is 0 Å². The molecule has 4 rings (SSSR count). The van der Waals surface area contributed by atoms with Gasteiger partial charge in [-0.25, -0.2) is 0 Å². The number of benzene rings is 2. The van der Waals surface area contributed by atoms with Crippen molar-refractivity contribution in [1.82, 2.24) is 0 Å². The predicted octanol–water partition coefficient (Wildman–Crippen LogP) is 4.34. The third-order valence-electron chi connectivity index (χ3n) is 6.73. The fourth-order valence-electron chi connectivity index (χ4n) is 4.61. The van der Waals surface area contributed by atoms with Gasteiger partial charge in [-0.3, -0.25) is 4.79 Å². The monoisotopic (exact) mass is 463 g/mol. The average molecular weight is 463 g/mol. The fraction of sp³-hybridized carbons (Fsp3) is 0.462. The van der Waals surface area contributed by atoms with Crippen LogP contribution >= 0.6 is 12.2 Å². The largest absolute Gasteiger partial charge is 0.493 e. The van der Waals surface area contributed by atoms with Crippen LogP contribution in [-0.4, -0.2) is 43.2 Å². The van der Waals surface area contributed by atoms with Crippen molar-refractivity contribution in [3.63, 3.8) is 0 Å². The molecule has 5 nitrogen and oxygen atoms in total. The van der Waals surface area contributed by atoms with E-state index in [0.717, 1.165) is 53.9 Å². The van der Waals surface area contributed by atoms with Crippen molar-refractivity contribution in [3.8, 4) is 5.75 Å². The minimum atomic E-state index is -0.793. The zero-order chi connectivity index (χ0) is 23.6. The maximum Gasteiger partial charge on any atom is 0.314 e. The highest BCUT2D eigenvalue weighted by Gasteiger charge is 2.51. The van der Waals surface area contributed by atoms with Gasteiger partial charge in [0.1, 0.15) is 18.6 Å². The van der Waals surface area contributed by atoms with E-state index in [9.17, 15) is 9.90 Å². The molecule has 1 unspecified atom stereocenters. The lowest BCUT2D eigenvalue weighted by Crippen LogP contribution is -2.23. The molecule has 2 radical (unpaired) electrons. The van der Waals surface area contributed by atoms with Gasteiger partial charge in [0, 0.05) is 24.3 Å². The van der Waals surface area contributed by atoms with Crippen molar-refractivity contribution in [3.05, 3.63) is 52.6 Å². The van der Waals surface area contributed by atoms with Crippen molar-refractivity contribution in [1.29, 1.82) is 0 Å². The van der Waals surface area contributed by atoms with Crippen molar-refractivity contribution in [2.75, 3.05) is 18.5 Å². The molecule has 1 saturated heterocycles. The first-order chi connectivity index (χ1) is 15.8. The fourth-order valence-corrected chi connectivity index (χ4v) is 5.04. The number of hydrogen-bond acceptors (Lipinski definition) is 4. The van der Waals surface area contributed by atoms with E-state index in [4.69, 9.17) is 29.5 Å². The molecule has 0 bridgehead atoms. The number of thiocarbonyl (C=S) groups is 1. The van der Waals surface area contributed by atoms with Crippen LogP contribution in [0.3, 0.4) is 0 Å². The summed E-state index contributed by atoms with van der Waals surface area (Å²) in [6.07, 6.45) is 5.97. The molecule has 1 heterocycles. The Balaban J connectivity index is 1.44. The molecular formula is C26H30BNO4S. The molecule has 33 heavy (non-hydrogen) atoms. The molecule has 1 aliphatic heterocycles. The molecule has 1 atom stereocenters. The Morgan fingerprint density at radius 2 is 1.97 bits per heavy atom. The molecular weight excluding hydrogens is 433 g/mol. The van der Waals surface area contributed by atoms with Crippen LogP contribution in [0.1, 0.15) is 60.8 Å². The first kappa shape index (κ1) is 23.8. The number of rotatable bonds is 8. The molecule has 2 fully saturated rings. The summed E-state index contributed by atoms with van der Waals surface area (Å²) >= 11 is 5.72. The second-order valence-electron chi connectivity index (χ2n) is 9.20. The van der Waals surface area contributed by atoms with E-state index in [1.165, 1.54) is 6.42 Å². The molecule has 2 N–H and O–H groups in total. The molecule has 0 aromatic heterocycles. The highest BCUT2D eigenvalue weighted by molar-refractivity contribution is 7.81. The van der Waals surface area contributed by atoms with Crippen LogP contribution in [-0.2, 0) is 14.9 Å².